The van der Waals surface area contributed by atoms with Gasteiger partial charge in [-0.2, -0.15) is 13.2 Å². The predicted molar refractivity (Wildman–Crippen MR) is 160 cm³/mol. The number of nitrogens with one attached hydrogen (secondary N) is 1. The summed E-state index contributed by atoms with van der Waals surface area (Å²) >= 11 is 5.90. The summed E-state index contributed by atoms with van der Waals surface area (Å²) < 4.78 is 52.5. The summed E-state index contributed by atoms with van der Waals surface area (Å²) in [5.74, 6) is -1.81. The lowest BCUT2D eigenvalue weighted by Crippen LogP contribution is -2.31. The highest BCUT2D eigenvalue weighted by molar-refractivity contribution is 6.30. The first kappa shape index (κ1) is 35.4. The largest absolute Gasteiger partial charge is 0.495 e. The fraction of sp³-hybridized carbons (Fsp3) is 0.387. The van der Waals surface area contributed by atoms with Crippen LogP contribution in [-0.4, -0.2) is 39.9 Å². The zero-order valence-electron chi connectivity index (χ0n) is 25.2. The first-order chi connectivity index (χ1) is 19.6. The number of aromatic nitrogens is 1. The van der Waals surface area contributed by atoms with Crippen LogP contribution < -0.4 is 15.6 Å². The van der Waals surface area contributed by atoms with Gasteiger partial charge in [-0.25, -0.2) is 4.79 Å². The minimum absolute atomic E-state index is 0.0156. The fourth-order valence-corrected chi connectivity index (χ4v) is 4.35. The standard InChI is InChI=1S/C23H18ClF3N2O5.C8H18O/c1-12(21(31)28-15-6-3-13(4-7-15)22(32)33)29-11-19(34-2)17(10-20(29)30)16-9-14(24)5-8-18(16)23(25,26)27;1-7(2,3)9-8(4,5)6/h3-12H,1-2H3,(H,28,31)(H,32,33);1-6H3. The number of carboxylic acid groups (broad SMARTS) is 1. The minimum Gasteiger partial charge on any atom is -0.495 e. The number of amides is 1. The molecule has 2 aromatic carbocycles. The normalized spacial score (nSPS) is 12.6. The van der Waals surface area contributed by atoms with Crippen molar-refractivity contribution in [1.29, 1.82) is 0 Å². The van der Waals surface area contributed by atoms with Crippen LogP contribution >= 0.6 is 11.6 Å². The molecule has 1 amide bonds. The first-order valence-corrected chi connectivity index (χ1v) is 13.5. The highest BCUT2D eigenvalue weighted by Gasteiger charge is 2.35. The number of aromatic carboxylic acids is 1. The number of hydrogen-bond acceptors (Lipinski definition) is 5. The molecule has 0 saturated carbocycles. The van der Waals surface area contributed by atoms with Crippen LogP contribution in [0.2, 0.25) is 5.02 Å². The van der Waals surface area contributed by atoms with Gasteiger partial charge < -0.3 is 19.9 Å². The molecule has 8 nitrogen and oxygen atoms in total. The van der Waals surface area contributed by atoms with Gasteiger partial charge in [-0.1, -0.05) is 11.6 Å². The highest BCUT2D eigenvalue weighted by Crippen LogP contribution is 2.41. The van der Waals surface area contributed by atoms with E-state index in [0.717, 1.165) is 35.0 Å². The van der Waals surface area contributed by atoms with Crippen molar-refractivity contribution in [2.24, 2.45) is 0 Å². The van der Waals surface area contributed by atoms with Crippen LogP contribution in [0.4, 0.5) is 18.9 Å². The monoisotopic (exact) mass is 624 g/mol. The van der Waals surface area contributed by atoms with Crippen molar-refractivity contribution in [2.75, 3.05) is 12.4 Å². The fourth-order valence-electron chi connectivity index (χ4n) is 4.18. The van der Waals surface area contributed by atoms with Crippen molar-refractivity contribution >= 4 is 29.2 Å². The van der Waals surface area contributed by atoms with E-state index >= 15 is 0 Å². The quantitative estimate of drug-likeness (QED) is 0.291. The van der Waals surface area contributed by atoms with Crippen molar-refractivity contribution in [3.63, 3.8) is 0 Å². The molecule has 0 saturated heterocycles. The van der Waals surface area contributed by atoms with Gasteiger partial charge >= 0.3 is 12.1 Å². The lowest BCUT2D eigenvalue weighted by atomic mass is 9.99. The molecule has 3 aromatic rings. The van der Waals surface area contributed by atoms with E-state index in [-0.39, 0.29) is 38.7 Å². The Hall–Kier alpha value is -3.83. The molecule has 2 N–H and O–H groups in total. The molecule has 1 atom stereocenters. The number of carbonyl (C=O) groups excluding carboxylic acids is 1. The van der Waals surface area contributed by atoms with Crippen LogP contribution in [0.15, 0.2) is 59.5 Å². The summed E-state index contributed by atoms with van der Waals surface area (Å²) in [5, 5.41) is 11.5. The Labute approximate surface area is 253 Å². The Morgan fingerprint density at radius 1 is 0.930 bits per heavy atom. The SMILES string of the molecule is CC(C)(C)OC(C)(C)C.COc1cn(C(C)C(=O)Nc2ccc(C(=O)O)cc2)c(=O)cc1-c1cc(Cl)ccc1C(F)(F)F. The number of ether oxygens (including phenoxy) is 2. The van der Waals surface area contributed by atoms with Gasteiger partial charge in [-0.3, -0.25) is 14.2 Å². The molecular formula is C31H36ClF3N2O6. The van der Waals surface area contributed by atoms with Crippen LogP contribution in [0.5, 0.6) is 5.75 Å². The van der Waals surface area contributed by atoms with E-state index in [9.17, 15) is 27.6 Å². The molecular weight excluding hydrogens is 589 g/mol. The van der Waals surface area contributed by atoms with Crippen molar-refractivity contribution in [3.05, 3.63) is 81.2 Å². The van der Waals surface area contributed by atoms with Crippen molar-refractivity contribution in [1.82, 2.24) is 4.57 Å². The van der Waals surface area contributed by atoms with Gasteiger partial charge in [-0.05, 0) is 96.5 Å². The van der Waals surface area contributed by atoms with Crippen molar-refractivity contribution < 1.29 is 37.3 Å². The van der Waals surface area contributed by atoms with Crippen molar-refractivity contribution in [3.8, 4) is 16.9 Å². The number of anilines is 1. The van der Waals surface area contributed by atoms with Gasteiger partial charge in [0.1, 0.15) is 11.8 Å². The molecule has 0 bridgehead atoms. The second-order valence-corrected chi connectivity index (χ2v) is 12.0. The van der Waals surface area contributed by atoms with Gasteiger partial charge in [-0.15, -0.1) is 0 Å². The molecule has 0 aliphatic heterocycles. The molecule has 12 heteroatoms. The minimum atomic E-state index is -4.71. The molecule has 1 heterocycles. The molecule has 1 unspecified atom stereocenters. The third kappa shape index (κ3) is 10.4. The first-order valence-electron chi connectivity index (χ1n) is 13.1. The van der Waals surface area contributed by atoms with E-state index in [4.69, 9.17) is 26.2 Å². The number of carbonyl (C=O) groups is 2. The van der Waals surface area contributed by atoms with Gasteiger partial charge in [0, 0.05) is 22.3 Å². The maximum atomic E-state index is 13.5. The summed E-state index contributed by atoms with van der Waals surface area (Å²) in [6.45, 7) is 13.8. The molecule has 0 spiro atoms. The number of alkyl halides is 3. The Bertz CT molecular complexity index is 1490. The van der Waals surface area contributed by atoms with Gasteiger partial charge in [0.15, 0.2) is 0 Å². The number of hydrogen-bond donors (Lipinski definition) is 2. The highest BCUT2D eigenvalue weighted by atomic mass is 35.5. The van der Waals surface area contributed by atoms with Gasteiger partial charge in [0.25, 0.3) is 5.56 Å². The van der Waals surface area contributed by atoms with E-state index in [0.29, 0.717) is 5.69 Å². The smallest absolute Gasteiger partial charge is 0.417 e. The van der Waals surface area contributed by atoms with E-state index in [2.05, 4.69) is 46.9 Å². The number of halogens is 4. The molecule has 0 aliphatic rings. The van der Waals surface area contributed by atoms with Crippen LogP contribution in [0, 0.1) is 0 Å². The Morgan fingerprint density at radius 3 is 1.93 bits per heavy atom. The topological polar surface area (TPSA) is 107 Å². The lowest BCUT2D eigenvalue weighted by molar-refractivity contribution is -0.137. The van der Waals surface area contributed by atoms with E-state index < -0.39 is 35.2 Å². The third-order valence-corrected chi connectivity index (χ3v) is 5.88. The zero-order chi connectivity index (χ0) is 32.9. The molecule has 3 rings (SSSR count). The number of nitrogens with zero attached hydrogens (tertiary/aromatic N) is 1. The van der Waals surface area contributed by atoms with Crippen LogP contribution in [0.25, 0.3) is 11.1 Å². The van der Waals surface area contributed by atoms with Crippen LogP contribution in [0.3, 0.4) is 0 Å². The maximum Gasteiger partial charge on any atom is 0.417 e. The van der Waals surface area contributed by atoms with E-state index in [1.54, 1.807) is 0 Å². The van der Waals surface area contributed by atoms with Gasteiger partial charge in [0.05, 0.1) is 35.6 Å². The van der Waals surface area contributed by atoms with Crippen LogP contribution in [0.1, 0.15) is 70.4 Å². The Balaban J connectivity index is 0.000000621. The average Bonchev–Trinajstić information content (AvgIpc) is 2.85. The van der Waals surface area contributed by atoms with E-state index in [1.807, 2.05) is 0 Å². The summed E-state index contributed by atoms with van der Waals surface area (Å²) in [4.78, 5) is 36.4. The van der Waals surface area contributed by atoms with Crippen molar-refractivity contribution in [2.45, 2.75) is 71.9 Å². The summed E-state index contributed by atoms with van der Waals surface area (Å²) in [6.07, 6.45) is -3.56. The number of carboxylic acids is 1. The number of pyridine rings is 1. The second-order valence-electron chi connectivity index (χ2n) is 11.6. The third-order valence-electron chi connectivity index (χ3n) is 5.65. The summed E-state index contributed by atoms with van der Waals surface area (Å²) in [7, 11) is 1.22. The number of rotatable bonds is 6. The maximum absolute atomic E-state index is 13.5. The number of benzene rings is 2. The average molecular weight is 625 g/mol. The molecule has 0 aliphatic carbocycles. The van der Waals surface area contributed by atoms with E-state index in [1.165, 1.54) is 38.3 Å². The Morgan fingerprint density at radius 2 is 1.49 bits per heavy atom. The second kappa shape index (κ2) is 13.6. The molecule has 43 heavy (non-hydrogen) atoms. The predicted octanol–water partition coefficient (Wildman–Crippen LogP) is 7.69. The summed E-state index contributed by atoms with van der Waals surface area (Å²) in [5.41, 5.74) is -1.91. The Kier molecular flexibility index (Phi) is 11.2. The zero-order valence-corrected chi connectivity index (χ0v) is 26.0. The molecule has 1 aromatic heterocycles. The molecule has 0 radical (unpaired) electrons. The van der Waals surface area contributed by atoms with Crippen LogP contribution in [-0.2, 0) is 15.7 Å². The molecule has 234 valence electrons. The lowest BCUT2D eigenvalue weighted by Gasteiger charge is -2.30. The number of methoxy groups -OCH3 is 1. The van der Waals surface area contributed by atoms with Gasteiger partial charge in [0.2, 0.25) is 5.91 Å². The summed E-state index contributed by atoms with van der Waals surface area (Å²) in [6, 6.07) is 8.25. The molecule has 0 fully saturated rings.